The van der Waals surface area contributed by atoms with Crippen molar-refractivity contribution in [3.63, 3.8) is 0 Å². The number of anilines is 2. The van der Waals surface area contributed by atoms with Gasteiger partial charge in [0.15, 0.2) is 0 Å². The molecule has 0 aliphatic carbocycles. The average Bonchev–Trinajstić information content (AvgIpc) is 3.34. The highest BCUT2D eigenvalue weighted by atomic mass is 16.1. The molecule has 0 atom stereocenters. The molecule has 4 rings (SSSR count). The van der Waals surface area contributed by atoms with Crippen LogP contribution in [0.3, 0.4) is 0 Å². The van der Waals surface area contributed by atoms with Crippen molar-refractivity contribution in [1.29, 1.82) is 0 Å². The summed E-state index contributed by atoms with van der Waals surface area (Å²) in [6.07, 6.45) is 4.71. The Hall–Kier alpha value is -3.86. The van der Waals surface area contributed by atoms with Crippen molar-refractivity contribution in [2.45, 2.75) is 19.9 Å². The van der Waals surface area contributed by atoms with Gasteiger partial charge in [-0.05, 0) is 59.5 Å². The van der Waals surface area contributed by atoms with Gasteiger partial charge in [-0.25, -0.2) is 0 Å². The number of nitrogens with zero attached hydrogens (tertiary/aromatic N) is 2. The van der Waals surface area contributed by atoms with Crippen LogP contribution in [0.15, 0.2) is 91.3 Å². The van der Waals surface area contributed by atoms with Gasteiger partial charge in [0.2, 0.25) is 0 Å². The van der Waals surface area contributed by atoms with E-state index in [2.05, 4.69) is 46.9 Å². The molecular formula is C26H26N4O. The minimum atomic E-state index is -0.116. The maximum Gasteiger partial charge on any atom is 0.256 e. The molecule has 1 heterocycles. The molecule has 31 heavy (non-hydrogen) atoms. The van der Waals surface area contributed by atoms with E-state index in [1.807, 2.05) is 65.5 Å². The van der Waals surface area contributed by atoms with Crippen molar-refractivity contribution in [2.24, 2.45) is 0 Å². The third kappa shape index (κ3) is 5.20. The van der Waals surface area contributed by atoms with E-state index in [0.717, 1.165) is 42.0 Å². The zero-order valence-corrected chi connectivity index (χ0v) is 17.6. The van der Waals surface area contributed by atoms with E-state index in [9.17, 15) is 4.79 Å². The number of amides is 1. The van der Waals surface area contributed by atoms with Gasteiger partial charge in [0.05, 0.1) is 6.54 Å². The predicted molar refractivity (Wildman–Crippen MR) is 126 cm³/mol. The summed E-state index contributed by atoms with van der Waals surface area (Å²) in [6, 6.07) is 25.8. The highest BCUT2D eigenvalue weighted by molar-refractivity contribution is 6.08. The van der Waals surface area contributed by atoms with E-state index < -0.39 is 0 Å². The largest absolute Gasteiger partial charge is 0.383 e. The smallest absolute Gasteiger partial charge is 0.256 e. The van der Waals surface area contributed by atoms with Crippen molar-refractivity contribution in [3.8, 4) is 11.1 Å². The Bertz CT molecular complexity index is 1120. The Morgan fingerprint density at radius 3 is 2.35 bits per heavy atom. The maximum atomic E-state index is 13.0. The fraction of sp³-hybridized carbons (Fsp3) is 0.154. The molecule has 1 amide bonds. The molecule has 0 aliphatic heterocycles. The first kappa shape index (κ1) is 20.4. The first-order valence-corrected chi connectivity index (χ1v) is 10.5. The molecule has 0 fully saturated rings. The summed E-state index contributed by atoms with van der Waals surface area (Å²) < 4.78 is 1.88. The number of nitrogens with one attached hydrogen (secondary N) is 2. The minimum Gasteiger partial charge on any atom is -0.383 e. The Labute approximate surface area is 182 Å². The lowest BCUT2D eigenvalue weighted by molar-refractivity contribution is 0.102. The summed E-state index contributed by atoms with van der Waals surface area (Å²) >= 11 is 0. The molecule has 0 bridgehead atoms. The average molecular weight is 411 g/mol. The lowest BCUT2D eigenvalue weighted by Crippen LogP contribution is -2.13. The molecule has 0 aliphatic rings. The standard InChI is InChI=1S/C26H26N4O/c1-2-20-8-10-21(11-9-20)24-6-3-4-7-25(24)26(31)29-23-14-12-22(13-15-23)27-17-19-30-18-5-16-28-30/h3-16,18,27H,2,17,19H2,1H3,(H,29,31). The maximum absolute atomic E-state index is 13.0. The summed E-state index contributed by atoms with van der Waals surface area (Å²) in [5.74, 6) is -0.116. The van der Waals surface area contributed by atoms with Crippen LogP contribution in [0.4, 0.5) is 11.4 Å². The van der Waals surface area contributed by atoms with Crippen molar-refractivity contribution in [3.05, 3.63) is 102 Å². The molecule has 0 unspecified atom stereocenters. The number of hydrogen-bond donors (Lipinski definition) is 2. The normalized spacial score (nSPS) is 10.6. The van der Waals surface area contributed by atoms with Crippen LogP contribution < -0.4 is 10.6 Å². The summed E-state index contributed by atoms with van der Waals surface area (Å²) in [4.78, 5) is 13.0. The van der Waals surface area contributed by atoms with Gasteiger partial charge in [0.25, 0.3) is 5.91 Å². The fourth-order valence-corrected chi connectivity index (χ4v) is 3.47. The van der Waals surface area contributed by atoms with Crippen molar-refractivity contribution in [1.82, 2.24) is 9.78 Å². The summed E-state index contributed by atoms with van der Waals surface area (Å²) in [5, 5.41) is 10.6. The highest BCUT2D eigenvalue weighted by Gasteiger charge is 2.12. The van der Waals surface area contributed by atoms with Crippen LogP contribution in [0.2, 0.25) is 0 Å². The van der Waals surface area contributed by atoms with Gasteiger partial charge in [-0.1, -0.05) is 49.4 Å². The summed E-state index contributed by atoms with van der Waals surface area (Å²) in [6.45, 7) is 3.70. The summed E-state index contributed by atoms with van der Waals surface area (Å²) in [7, 11) is 0. The zero-order chi connectivity index (χ0) is 21.5. The Balaban J connectivity index is 1.41. The lowest BCUT2D eigenvalue weighted by Gasteiger charge is -2.12. The molecule has 0 saturated carbocycles. The summed E-state index contributed by atoms with van der Waals surface area (Å²) in [5.41, 5.74) is 5.68. The van der Waals surface area contributed by atoms with Crippen LogP contribution in [0.5, 0.6) is 0 Å². The molecule has 3 aromatic carbocycles. The van der Waals surface area contributed by atoms with Gasteiger partial charge in [-0.15, -0.1) is 0 Å². The lowest BCUT2D eigenvalue weighted by atomic mass is 9.98. The van der Waals surface area contributed by atoms with Gasteiger partial charge in [0.1, 0.15) is 0 Å². The van der Waals surface area contributed by atoms with E-state index in [0.29, 0.717) is 5.56 Å². The van der Waals surface area contributed by atoms with E-state index in [1.165, 1.54) is 5.56 Å². The zero-order valence-electron chi connectivity index (χ0n) is 17.6. The first-order valence-electron chi connectivity index (χ1n) is 10.5. The van der Waals surface area contributed by atoms with Crippen LogP contribution in [0.1, 0.15) is 22.8 Å². The molecule has 5 heteroatoms. The van der Waals surface area contributed by atoms with Crippen molar-refractivity contribution >= 4 is 17.3 Å². The number of aryl methyl sites for hydroxylation is 1. The molecule has 5 nitrogen and oxygen atoms in total. The molecule has 0 saturated heterocycles. The second-order valence-corrected chi connectivity index (χ2v) is 7.32. The molecule has 156 valence electrons. The Morgan fingerprint density at radius 2 is 1.65 bits per heavy atom. The second kappa shape index (κ2) is 9.76. The highest BCUT2D eigenvalue weighted by Crippen LogP contribution is 2.25. The van der Waals surface area contributed by atoms with E-state index >= 15 is 0 Å². The Kier molecular flexibility index (Phi) is 6.43. The topological polar surface area (TPSA) is 59.0 Å². The van der Waals surface area contributed by atoms with Crippen molar-refractivity contribution < 1.29 is 4.79 Å². The van der Waals surface area contributed by atoms with Crippen LogP contribution in [-0.2, 0) is 13.0 Å². The number of benzene rings is 3. The van der Waals surface area contributed by atoms with Crippen molar-refractivity contribution in [2.75, 3.05) is 17.2 Å². The molecular weight excluding hydrogens is 384 g/mol. The number of carbonyl (C=O) groups excluding carboxylic acids is 1. The molecule has 4 aromatic rings. The number of hydrogen-bond acceptors (Lipinski definition) is 3. The van der Waals surface area contributed by atoms with Gasteiger partial charge in [0, 0.05) is 35.9 Å². The quantitative estimate of drug-likeness (QED) is 0.405. The molecule has 0 radical (unpaired) electrons. The van der Waals surface area contributed by atoms with Crippen LogP contribution >= 0.6 is 0 Å². The number of rotatable bonds is 8. The van der Waals surface area contributed by atoms with Crippen LogP contribution in [-0.4, -0.2) is 22.2 Å². The molecule has 0 spiro atoms. The third-order valence-corrected chi connectivity index (χ3v) is 5.22. The van der Waals surface area contributed by atoms with E-state index in [1.54, 1.807) is 6.20 Å². The second-order valence-electron chi connectivity index (χ2n) is 7.32. The van der Waals surface area contributed by atoms with E-state index in [4.69, 9.17) is 0 Å². The first-order chi connectivity index (χ1) is 15.2. The van der Waals surface area contributed by atoms with Gasteiger partial charge >= 0.3 is 0 Å². The SMILES string of the molecule is CCc1ccc(-c2ccccc2C(=O)Nc2ccc(NCCn3cccn3)cc2)cc1. The molecule has 1 aromatic heterocycles. The van der Waals surface area contributed by atoms with Gasteiger partial charge < -0.3 is 10.6 Å². The third-order valence-electron chi connectivity index (χ3n) is 5.22. The number of aromatic nitrogens is 2. The van der Waals surface area contributed by atoms with Crippen LogP contribution in [0, 0.1) is 0 Å². The minimum absolute atomic E-state index is 0.116. The van der Waals surface area contributed by atoms with E-state index in [-0.39, 0.29) is 5.91 Å². The Morgan fingerprint density at radius 1 is 0.903 bits per heavy atom. The monoisotopic (exact) mass is 410 g/mol. The number of carbonyl (C=O) groups is 1. The van der Waals surface area contributed by atoms with Gasteiger partial charge in [-0.3, -0.25) is 9.48 Å². The van der Waals surface area contributed by atoms with Gasteiger partial charge in [-0.2, -0.15) is 5.10 Å². The van der Waals surface area contributed by atoms with Crippen LogP contribution in [0.25, 0.3) is 11.1 Å². The fourth-order valence-electron chi connectivity index (χ4n) is 3.47. The predicted octanol–water partition coefficient (Wildman–Crippen LogP) is 5.48. The molecule has 2 N–H and O–H groups in total.